The SMILES string of the molecule is Cc1cccc(-n2c(=S)[nH]c3cc(I)c(F)cc32)c1C. The summed E-state index contributed by atoms with van der Waals surface area (Å²) in [6, 6.07) is 9.36. The summed E-state index contributed by atoms with van der Waals surface area (Å²) in [5.41, 5.74) is 4.93. The molecule has 0 aliphatic rings. The third-order valence-electron chi connectivity index (χ3n) is 3.54. The molecule has 0 unspecified atom stereocenters. The number of aromatic amines is 1. The van der Waals surface area contributed by atoms with Crippen LogP contribution in [0, 0.1) is 28.0 Å². The average Bonchev–Trinajstić information content (AvgIpc) is 2.69. The fourth-order valence-corrected chi connectivity index (χ4v) is 3.09. The van der Waals surface area contributed by atoms with Gasteiger partial charge in [-0.25, -0.2) is 4.39 Å². The lowest BCUT2D eigenvalue weighted by molar-refractivity contribution is 0.622. The van der Waals surface area contributed by atoms with E-state index < -0.39 is 0 Å². The van der Waals surface area contributed by atoms with E-state index in [1.807, 2.05) is 46.2 Å². The zero-order valence-corrected chi connectivity index (χ0v) is 14.0. The van der Waals surface area contributed by atoms with Crippen molar-refractivity contribution in [3.63, 3.8) is 0 Å². The van der Waals surface area contributed by atoms with Crippen LogP contribution in [0.4, 0.5) is 4.39 Å². The first-order valence-electron chi connectivity index (χ1n) is 6.15. The van der Waals surface area contributed by atoms with Crippen LogP contribution < -0.4 is 0 Å². The second-order valence-corrected chi connectivity index (χ2v) is 6.32. The normalized spacial score (nSPS) is 11.2. The van der Waals surface area contributed by atoms with Crippen molar-refractivity contribution >= 4 is 45.8 Å². The first-order chi connectivity index (χ1) is 9.49. The number of aromatic nitrogens is 2. The Bertz CT molecular complexity index is 879. The molecule has 3 rings (SSSR count). The second-order valence-electron chi connectivity index (χ2n) is 4.77. The van der Waals surface area contributed by atoms with Crippen LogP contribution in [0.25, 0.3) is 16.7 Å². The van der Waals surface area contributed by atoms with Gasteiger partial charge in [0.25, 0.3) is 0 Å². The lowest BCUT2D eigenvalue weighted by Gasteiger charge is -2.10. The molecule has 0 atom stereocenters. The molecular weight excluding hydrogens is 386 g/mol. The molecule has 20 heavy (non-hydrogen) atoms. The number of halogens is 2. The topological polar surface area (TPSA) is 20.7 Å². The number of fused-ring (bicyclic) bond motifs is 1. The second kappa shape index (κ2) is 4.96. The molecule has 0 bridgehead atoms. The Kier molecular flexibility index (Phi) is 3.41. The highest BCUT2D eigenvalue weighted by Gasteiger charge is 2.12. The summed E-state index contributed by atoms with van der Waals surface area (Å²) < 4.78 is 16.9. The summed E-state index contributed by atoms with van der Waals surface area (Å²) in [6.07, 6.45) is 0. The molecule has 5 heteroatoms. The molecule has 1 aromatic heterocycles. The minimum absolute atomic E-state index is 0.230. The van der Waals surface area contributed by atoms with E-state index >= 15 is 0 Å². The zero-order valence-electron chi connectivity index (χ0n) is 11.0. The van der Waals surface area contributed by atoms with Crippen LogP contribution in [0.5, 0.6) is 0 Å². The van der Waals surface area contributed by atoms with Crippen molar-refractivity contribution in [1.82, 2.24) is 9.55 Å². The molecule has 1 heterocycles. The molecular formula is C15H12FIN2S. The van der Waals surface area contributed by atoms with Crippen LogP contribution >= 0.6 is 34.8 Å². The van der Waals surface area contributed by atoms with Crippen molar-refractivity contribution < 1.29 is 4.39 Å². The number of hydrogen-bond donors (Lipinski definition) is 1. The van der Waals surface area contributed by atoms with Crippen molar-refractivity contribution in [3.05, 3.63) is 55.6 Å². The summed E-state index contributed by atoms with van der Waals surface area (Å²) in [4.78, 5) is 3.15. The van der Waals surface area contributed by atoms with Gasteiger partial charge in [-0.1, -0.05) is 12.1 Å². The summed E-state index contributed by atoms with van der Waals surface area (Å²) in [5.74, 6) is -0.230. The van der Waals surface area contributed by atoms with Crippen molar-refractivity contribution in [2.75, 3.05) is 0 Å². The smallest absolute Gasteiger partial charge is 0.182 e. The minimum Gasteiger partial charge on any atom is -0.330 e. The summed E-state index contributed by atoms with van der Waals surface area (Å²) in [5, 5.41) is 0. The van der Waals surface area contributed by atoms with Gasteiger partial charge in [0.2, 0.25) is 0 Å². The summed E-state index contributed by atoms with van der Waals surface area (Å²) >= 11 is 7.39. The number of imidazole rings is 1. The Balaban J connectivity index is 2.42. The molecule has 0 aliphatic heterocycles. The summed E-state index contributed by atoms with van der Waals surface area (Å²) in [6.45, 7) is 4.11. The predicted molar refractivity (Wildman–Crippen MR) is 90.6 cm³/mol. The van der Waals surface area contributed by atoms with Crippen LogP contribution in [0.15, 0.2) is 30.3 Å². The first-order valence-corrected chi connectivity index (χ1v) is 7.64. The number of benzene rings is 2. The number of nitrogens with one attached hydrogen (secondary N) is 1. The van der Waals surface area contributed by atoms with E-state index in [0.29, 0.717) is 8.34 Å². The molecule has 1 N–H and O–H groups in total. The molecule has 0 saturated carbocycles. The summed E-state index contributed by atoms with van der Waals surface area (Å²) in [7, 11) is 0. The number of hydrogen-bond acceptors (Lipinski definition) is 1. The van der Waals surface area contributed by atoms with E-state index in [4.69, 9.17) is 12.2 Å². The van der Waals surface area contributed by atoms with Crippen molar-refractivity contribution in [2.24, 2.45) is 0 Å². The third kappa shape index (κ3) is 2.09. The van der Waals surface area contributed by atoms with Gasteiger partial charge in [0, 0.05) is 6.07 Å². The monoisotopic (exact) mass is 398 g/mol. The van der Waals surface area contributed by atoms with E-state index in [0.717, 1.165) is 22.3 Å². The Labute approximate surface area is 134 Å². The first kappa shape index (κ1) is 13.8. The van der Waals surface area contributed by atoms with Gasteiger partial charge < -0.3 is 4.98 Å². The molecule has 0 fully saturated rings. The highest BCUT2D eigenvalue weighted by molar-refractivity contribution is 14.1. The Morgan fingerprint density at radius 1 is 1.25 bits per heavy atom. The van der Waals surface area contributed by atoms with Crippen molar-refractivity contribution in [1.29, 1.82) is 0 Å². The molecule has 102 valence electrons. The zero-order chi connectivity index (χ0) is 14.4. The fourth-order valence-electron chi connectivity index (χ4n) is 2.32. The van der Waals surface area contributed by atoms with Gasteiger partial charge >= 0.3 is 0 Å². The van der Waals surface area contributed by atoms with Gasteiger partial charge in [0.15, 0.2) is 4.77 Å². The maximum Gasteiger partial charge on any atom is 0.182 e. The molecule has 0 amide bonds. The van der Waals surface area contributed by atoms with Gasteiger partial charge in [-0.2, -0.15) is 0 Å². The molecule has 0 aliphatic carbocycles. The van der Waals surface area contributed by atoms with E-state index in [1.54, 1.807) is 6.07 Å². The van der Waals surface area contributed by atoms with Gasteiger partial charge in [0.05, 0.1) is 20.3 Å². The molecule has 3 aromatic rings. The lowest BCUT2D eigenvalue weighted by atomic mass is 10.1. The highest BCUT2D eigenvalue weighted by atomic mass is 127. The predicted octanol–water partition coefficient (Wildman–Crippen LogP) is 5.05. The van der Waals surface area contributed by atoms with Gasteiger partial charge in [-0.05, 0) is 71.9 Å². The van der Waals surface area contributed by atoms with Gasteiger partial charge in [0.1, 0.15) is 5.82 Å². The van der Waals surface area contributed by atoms with Crippen LogP contribution in [-0.2, 0) is 0 Å². The number of rotatable bonds is 1. The van der Waals surface area contributed by atoms with Crippen molar-refractivity contribution in [2.45, 2.75) is 13.8 Å². The Morgan fingerprint density at radius 3 is 2.75 bits per heavy atom. The maximum absolute atomic E-state index is 13.9. The molecule has 2 aromatic carbocycles. The molecule has 2 nitrogen and oxygen atoms in total. The van der Waals surface area contributed by atoms with Crippen LogP contribution in [0.1, 0.15) is 11.1 Å². The van der Waals surface area contributed by atoms with Crippen LogP contribution in [0.3, 0.4) is 0 Å². The van der Waals surface area contributed by atoms with Crippen LogP contribution in [0.2, 0.25) is 0 Å². The Hall–Kier alpha value is -1.21. The van der Waals surface area contributed by atoms with E-state index in [9.17, 15) is 4.39 Å². The molecule has 0 saturated heterocycles. The average molecular weight is 398 g/mol. The van der Waals surface area contributed by atoms with E-state index in [1.165, 1.54) is 11.6 Å². The van der Waals surface area contributed by atoms with Crippen molar-refractivity contribution in [3.8, 4) is 5.69 Å². The van der Waals surface area contributed by atoms with Gasteiger partial charge in [-0.3, -0.25) is 4.57 Å². The number of nitrogens with zero attached hydrogens (tertiary/aromatic N) is 1. The number of aryl methyl sites for hydroxylation is 1. The maximum atomic E-state index is 13.9. The van der Waals surface area contributed by atoms with Crippen LogP contribution in [-0.4, -0.2) is 9.55 Å². The Morgan fingerprint density at radius 2 is 2.00 bits per heavy atom. The quantitative estimate of drug-likeness (QED) is 0.450. The fraction of sp³-hybridized carbons (Fsp3) is 0.133. The lowest BCUT2D eigenvalue weighted by Crippen LogP contribution is -1.99. The van der Waals surface area contributed by atoms with E-state index in [-0.39, 0.29) is 5.82 Å². The highest BCUT2D eigenvalue weighted by Crippen LogP contribution is 2.26. The van der Waals surface area contributed by atoms with E-state index in [2.05, 4.69) is 18.0 Å². The molecule has 0 radical (unpaired) electrons. The minimum atomic E-state index is -0.230. The van der Waals surface area contributed by atoms with Gasteiger partial charge in [-0.15, -0.1) is 0 Å². The molecule has 0 spiro atoms. The largest absolute Gasteiger partial charge is 0.330 e. The number of H-pyrrole nitrogens is 1. The standard InChI is InChI=1S/C15H12FIN2S/c1-8-4-3-5-13(9(8)2)19-14-6-10(16)11(17)7-12(14)18-15(19)20/h3-7H,1-2H3,(H,18,20). The third-order valence-corrected chi connectivity index (χ3v) is 4.65.